The Morgan fingerprint density at radius 3 is 2.76 bits per heavy atom. The third-order valence-corrected chi connectivity index (χ3v) is 6.10. The molecule has 33 heavy (non-hydrogen) atoms. The summed E-state index contributed by atoms with van der Waals surface area (Å²) >= 11 is 6.24. The Balaban J connectivity index is 1.85. The van der Waals surface area contributed by atoms with Gasteiger partial charge in [-0.2, -0.15) is 0 Å². The molecule has 0 saturated heterocycles. The van der Waals surface area contributed by atoms with E-state index in [1.165, 1.54) is 6.07 Å². The Labute approximate surface area is 195 Å². The summed E-state index contributed by atoms with van der Waals surface area (Å²) in [6.45, 7) is 7.30. The summed E-state index contributed by atoms with van der Waals surface area (Å²) in [6, 6.07) is 1.46. The maximum Gasteiger partial charge on any atom is 0.258 e. The molecule has 4 rings (SSSR count). The first-order valence-electron chi connectivity index (χ1n) is 10.8. The lowest BCUT2D eigenvalue weighted by atomic mass is 9.95. The second-order valence-corrected chi connectivity index (χ2v) is 9.25. The highest BCUT2D eigenvalue weighted by atomic mass is 35.5. The molecular formula is C23H27ClFN5O3. The first-order valence-corrected chi connectivity index (χ1v) is 11.2. The van der Waals surface area contributed by atoms with E-state index in [0.717, 1.165) is 0 Å². The minimum atomic E-state index is -0.930. The third-order valence-electron chi connectivity index (χ3n) is 5.82. The van der Waals surface area contributed by atoms with E-state index in [1.54, 1.807) is 26.2 Å². The van der Waals surface area contributed by atoms with Gasteiger partial charge in [0.1, 0.15) is 28.5 Å². The molecule has 1 atom stereocenters. The third kappa shape index (κ3) is 4.35. The number of hydrogen-bond acceptors (Lipinski definition) is 6. The van der Waals surface area contributed by atoms with Crippen molar-refractivity contribution >= 4 is 28.8 Å². The number of aryl methyl sites for hydroxylation is 1. The van der Waals surface area contributed by atoms with Crippen LogP contribution in [0.3, 0.4) is 0 Å². The van der Waals surface area contributed by atoms with Crippen molar-refractivity contribution in [1.82, 2.24) is 19.7 Å². The molecule has 3 aromatic rings. The van der Waals surface area contributed by atoms with E-state index >= 15 is 4.39 Å². The number of hydrogen-bond donors (Lipinski definition) is 3. The number of fused-ring (bicyclic) bond motifs is 1. The minimum Gasteiger partial charge on any atom is -0.490 e. The molecule has 1 amide bonds. The maximum absolute atomic E-state index is 15.2. The monoisotopic (exact) mass is 475 g/mol. The smallest absolute Gasteiger partial charge is 0.258 e. The fraction of sp³-hybridized carbons (Fsp3) is 0.435. The van der Waals surface area contributed by atoms with Crippen LogP contribution in [0.4, 0.5) is 10.2 Å². The van der Waals surface area contributed by atoms with E-state index in [2.05, 4.69) is 15.3 Å². The van der Waals surface area contributed by atoms with Crippen LogP contribution in [0.1, 0.15) is 67.0 Å². The molecule has 10 heteroatoms. The summed E-state index contributed by atoms with van der Waals surface area (Å²) in [6.07, 6.45) is 4.16. The van der Waals surface area contributed by atoms with E-state index in [0.29, 0.717) is 41.3 Å². The standard InChI is InChI=1S/C23H27ClFN5O3/c1-11(2)33-19-14(12(3)21-29-13(4)18-20(26)27-7-8-30(18)21)9-15(24)17(25)16(19)22(31)28-10-23(32)5-6-23/h7-9,11-12,32H,5-6,10H2,1-4H3,(H2,26,27)(H,28,31)/t12-/m0/s1. The normalized spacial score (nSPS) is 15.6. The summed E-state index contributed by atoms with van der Waals surface area (Å²) in [5, 5.41) is 12.5. The van der Waals surface area contributed by atoms with E-state index in [-0.39, 0.29) is 29.0 Å². The zero-order chi connectivity index (χ0) is 24.1. The number of carbonyl (C=O) groups is 1. The summed E-state index contributed by atoms with van der Waals surface area (Å²) in [4.78, 5) is 21.8. The van der Waals surface area contributed by atoms with Crippen LogP contribution in [0.5, 0.6) is 5.75 Å². The number of nitrogens with zero attached hydrogens (tertiary/aromatic N) is 3. The SMILES string of the molecule is Cc1nc([C@@H](C)c2cc(Cl)c(F)c(C(=O)NCC3(O)CC3)c2OC(C)C)n2ccnc(N)c12. The number of aliphatic hydroxyl groups is 1. The van der Waals surface area contributed by atoms with Crippen molar-refractivity contribution in [3.8, 4) is 5.75 Å². The zero-order valence-corrected chi connectivity index (χ0v) is 19.7. The zero-order valence-electron chi connectivity index (χ0n) is 18.9. The van der Waals surface area contributed by atoms with Gasteiger partial charge in [0.25, 0.3) is 5.91 Å². The molecule has 1 saturated carbocycles. The first kappa shape index (κ1) is 23.3. The van der Waals surface area contributed by atoms with Crippen LogP contribution in [0, 0.1) is 12.7 Å². The molecule has 1 aliphatic carbocycles. The molecule has 2 aromatic heterocycles. The summed E-state index contributed by atoms with van der Waals surface area (Å²) in [7, 11) is 0. The molecule has 1 aliphatic rings. The topological polar surface area (TPSA) is 115 Å². The van der Waals surface area contributed by atoms with E-state index < -0.39 is 23.2 Å². The van der Waals surface area contributed by atoms with Gasteiger partial charge in [-0.1, -0.05) is 18.5 Å². The molecule has 1 fully saturated rings. The van der Waals surface area contributed by atoms with Crippen LogP contribution in [-0.2, 0) is 0 Å². The van der Waals surface area contributed by atoms with Crippen LogP contribution in [0.25, 0.3) is 5.52 Å². The number of carbonyl (C=O) groups excluding carboxylic acids is 1. The number of aromatic nitrogens is 3. The van der Waals surface area contributed by atoms with Gasteiger partial charge in [0.2, 0.25) is 0 Å². The molecule has 176 valence electrons. The molecule has 2 heterocycles. The molecule has 0 spiro atoms. The number of nitrogens with one attached hydrogen (secondary N) is 1. The minimum absolute atomic E-state index is 0.0279. The highest BCUT2D eigenvalue weighted by Crippen LogP contribution is 2.40. The quantitative estimate of drug-likeness (QED) is 0.481. The van der Waals surface area contributed by atoms with E-state index in [9.17, 15) is 9.90 Å². The van der Waals surface area contributed by atoms with Crippen LogP contribution >= 0.6 is 11.6 Å². The van der Waals surface area contributed by atoms with Crippen molar-refractivity contribution in [3.63, 3.8) is 0 Å². The van der Waals surface area contributed by atoms with E-state index in [4.69, 9.17) is 22.1 Å². The number of benzene rings is 1. The Morgan fingerprint density at radius 2 is 2.12 bits per heavy atom. The second kappa shape index (κ2) is 8.46. The predicted octanol–water partition coefficient (Wildman–Crippen LogP) is 3.61. The van der Waals surface area contributed by atoms with Crippen molar-refractivity contribution in [3.05, 3.63) is 51.9 Å². The van der Waals surface area contributed by atoms with Crippen LogP contribution in [0.2, 0.25) is 5.02 Å². The van der Waals surface area contributed by atoms with Gasteiger partial charge in [-0.25, -0.2) is 14.4 Å². The summed E-state index contributed by atoms with van der Waals surface area (Å²) in [5.74, 6) is -0.949. The Kier molecular flexibility index (Phi) is 5.96. The van der Waals surface area contributed by atoms with Crippen molar-refractivity contribution < 1.29 is 19.0 Å². The van der Waals surface area contributed by atoms with Gasteiger partial charge in [0, 0.05) is 30.4 Å². The Hall–Kier alpha value is -2.91. The van der Waals surface area contributed by atoms with Crippen molar-refractivity contribution in [2.75, 3.05) is 12.3 Å². The molecule has 0 bridgehead atoms. The fourth-order valence-corrected chi connectivity index (χ4v) is 4.10. The Morgan fingerprint density at radius 1 is 1.42 bits per heavy atom. The lowest BCUT2D eigenvalue weighted by molar-refractivity contribution is 0.0885. The average molecular weight is 476 g/mol. The Bertz CT molecular complexity index is 1240. The van der Waals surface area contributed by atoms with Gasteiger partial charge >= 0.3 is 0 Å². The van der Waals surface area contributed by atoms with Gasteiger partial charge < -0.3 is 20.9 Å². The molecule has 0 radical (unpaired) electrons. The van der Waals surface area contributed by atoms with Gasteiger partial charge in [0.05, 0.1) is 22.4 Å². The number of amides is 1. The maximum atomic E-state index is 15.2. The van der Waals surface area contributed by atoms with Crippen molar-refractivity contribution in [2.24, 2.45) is 0 Å². The number of rotatable bonds is 7. The second-order valence-electron chi connectivity index (χ2n) is 8.85. The van der Waals surface area contributed by atoms with Crippen LogP contribution < -0.4 is 15.8 Å². The molecule has 1 aromatic carbocycles. The molecule has 0 unspecified atom stereocenters. The average Bonchev–Trinajstić information content (AvgIpc) is 3.39. The largest absolute Gasteiger partial charge is 0.490 e. The van der Waals surface area contributed by atoms with Gasteiger partial charge in [-0.3, -0.25) is 9.20 Å². The number of imidazole rings is 1. The molecule has 0 aliphatic heterocycles. The number of ether oxygens (including phenoxy) is 1. The number of nitrogens with two attached hydrogens (primary N) is 1. The molecule has 4 N–H and O–H groups in total. The van der Waals surface area contributed by atoms with Crippen LogP contribution in [0.15, 0.2) is 18.5 Å². The molecular weight excluding hydrogens is 449 g/mol. The van der Waals surface area contributed by atoms with Gasteiger partial charge in [-0.15, -0.1) is 0 Å². The number of nitrogen functional groups attached to an aromatic ring is 1. The highest BCUT2D eigenvalue weighted by molar-refractivity contribution is 6.31. The first-order chi connectivity index (χ1) is 15.5. The van der Waals surface area contributed by atoms with E-state index in [1.807, 2.05) is 18.2 Å². The highest BCUT2D eigenvalue weighted by Gasteiger charge is 2.41. The molecule has 8 nitrogen and oxygen atoms in total. The lowest BCUT2D eigenvalue weighted by Gasteiger charge is -2.23. The van der Waals surface area contributed by atoms with Gasteiger partial charge in [0.15, 0.2) is 5.82 Å². The number of anilines is 1. The summed E-state index contributed by atoms with van der Waals surface area (Å²) < 4.78 is 23.0. The van der Waals surface area contributed by atoms with Crippen molar-refractivity contribution in [2.45, 2.75) is 58.2 Å². The fourth-order valence-electron chi connectivity index (χ4n) is 3.88. The number of halogens is 2. The van der Waals surface area contributed by atoms with Crippen molar-refractivity contribution in [1.29, 1.82) is 0 Å². The van der Waals surface area contributed by atoms with Gasteiger partial charge in [-0.05, 0) is 39.7 Å². The van der Waals surface area contributed by atoms with Crippen LogP contribution in [-0.4, -0.2) is 43.6 Å². The lowest BCUT2D eigenvalue weighted by Crippen LogP contribution is -2.34. The predicted molar refractivity (Wildman–Crippen MR) is 123 cm³/mol. The summed E-state index contributed by atoms with van der Waals surface area (Å²) in [5.41, 5.74) is 6.70.